The zero-order valence-corrected chi connectivity index (χ0v) is 11.9. The van der Waals surface area contributed by atoms with E-state index in [4.69, 9.17) is 9.84 Å². The lowest BCUT2D eigenvalue weighted by molar-refractivity contribution is -0.136. The van der Waals surface area contributed by atoms with Gasteiger partial charge >= 0.3 is 5.97 Å². The van der Waals surface area contributed by atoms with Gasteiger partial charge in [0.1, 0.15) is 0 Å². The van der Waals surface area contributed by atoms with Crippen LogP contribution in [0.4, 0.5) is 5.69 Å². The van der Waals surface area contributed by atoms with Crippen LogP contribution < -0.4 is 4.90 Å². The number of carbonyl (C=O) groups is 1. The van der Waals surface area contributed by atoms with Crippen molar-refractivity contribution in [1.82, 2.24) is 0 Å². The molecule has 1 N–H and O–H groups in total. The van der Waals surface area contributed by atoms with Crippen molar-refractivity contribution in [2.75, 3.05) is 24.6 Å². The molecule has 0 aromatic heterocycles. The Morgan fingerprint density at radius 2 is 1.89 bits per heavy atom. The zero-order chi connectivity index (χ0) is 14.3. The first kappa shape index (κ1) is 15.5. The van der Waals surface area contributed by atoms with Crippen LogP contribution in [0.15, 0.2) is 24.3 Å². The average Bonchev–Trinajstić information content (AvgIpc) is 2.34. The van der Waals surface area contributed by atoms with E-state index >= 15 is 0 Å². The fourth-order valence-corrected chi connectivity index (χ4v) is 1.75. The fraction of sp³-hybridized carbons (Fsp3) is 0.533. The Balaban J connectivity index is 2.62. The Bertz CT molecular complexity index is 387. The molecular weight excluding hydrogens is 242 g/mol. The Morgan fingerprint density at radius 3 is 2.42 bits per heavy atom. The van der Waals surface area contributed by atoms with Gasteiger partial charge in [0.25, 0.3) is 0 Å². The second kappa shape index (κ2) is 7.79. The molecule has 106 valence electrons. The molecule has 4 nitrogen and oxygen atoms in total. The minimum atomic E-state index is -0.776. The molecule has 1 rings (SSSR count). The number of rotatable bonds is 8. The Labute approximate surface area is 115 Å². The van der Waals surface area contributed by atoms with Gasteiger partial charge in [0.15, 0.2) is 0 Å². The predicted molar refractivity (Wildman–Crippen MR) is 76.7 cm³/mol. The third-order valence-electron chi connectivity index (χ3n) is 2.81. The normalized spacial score (nSPS) is 10.7. The second-order valence-electron chi connectivity index (χ2n) is 4.89. The monoisotopic (exact) mass is 265 g/mol. The second-order valence-corrected chi connectivity index (χ2v) is 4.89. The van der Waals surface area contributed by atoms with Crippen LogP contribution in [0, 0.1) is 6.92 Å². The van der Waals surface area contributed by atoms with Crippen molar-refractivity contribution in [2.45, 2.75) is 33.3 Å². The summed E-state index contributed by atoms with van der Waals surface area (Å²) in [6, 6.07) is 8.11. The van der Waals surface area contributed by atoms with Crippen LogP contribution in [0.3, 0.4) is 0 Å². The van der Waals surface area contributed by atoms with Gasteiger partial charge in [-0.1, -0.05) is 17.7 Å². The van der Waals surface area contributed by atoms with E-state index in [-0.39, 0.29) is 12.5 Å². The van der Waals surface area contributed by atoms with Crippen LogP contribution >= 0.6 is 0 Å². The molecule has 1 aromatic carbocycles. The van der Waals surface area contributed by atoms with Gasteiger partial charge in [-0.15, -0.1) is 0 Å². The van der Waals surface area contributed by atoms with Crippen LogP contribution in [0.25, 0.3) is 0 Å². The van der Waals surface area contributed by atoms with E-state index in [1.807, 2.05) is 45.0 Å². The number of carboxylic acid groups (broad SMARTS) is 1. The molecule has 1 aromatic rings. The topological polar surface area (TPSA) is 49.8 Å². The molecular formula is C15H23NO3. The van der Waals surface area contributed by atoms with Crippen LogP contribution in [0.2, 0.25) is 0 Å². The van der Waals surface area contributed by atoms with Crippen LogP contribution in [-0.4, -0.2) is 36.9 Å². The number of anilines is 1. The molecule has 0 heterocycles. The van der Waals surface area contributed by atoms with Crippen molar-refractivity contribution < 1.29 is 14.6 Å². The van der Waals surface area contributed by atoms with Gasteiger partial charge in [-0.25, -0.2) is 0 Å². The lowest BCUT2D eigenvalue weighted by Gasteiger charge is -2.24. The Hall–Kier alpha value is -1.55. The summed E-state index contributed by atoms with van der Waals surface area (Å²) in [6.45, 7) is 7.83. The molecule has 19 heavy (non-hydrogen) atoms. The maximum absolute atomic E-state index is 10.7. The number of hydrogen-bond acceptors (Lipinski definition) is 3. The lowest BCUT2D eigenvalue weighted by Crippen LogP contribution is -2.30. The molecule has 0 unspecified atom stereocenters. The summed E-state index contributed by atoms with van der Waals surface area (Å²) >= 11 is 0. The minimum absolute atomic E-state index is 0.134. The molecule has 0 atom stereocenters. The number of aliphatic carboxylic acids is 1. The smallest absolute Gasteiger partial charge is 0.305 e. The summed E-state index contributed by atoms with van der Waals surface area (Å²) in [5, 5.41) is 8.81. The number of aryl methyl sites for hydroxylation is 1. The molecule has 0 saturated carbocycles. The van der Waals surface area contributed by atoms with E-state index in [2.05, 4.69) is 4.90 Å². The highest BCUT2D eigenvalue weighted by Gasteiger charge is 2.09. The molecule has 0 aliphatic carbocycles. The SMILES string of the molecule is Cc1ccc(N(CCOC(C)C)CCC(=O)O)cc1. The average molecular weight is 265 g/mol. The molecule has 0 spiro atoms. The first-order chi connectivity index (χ1) is 8.99. The summed E-state index contributed by atoms with van der Waals surface area (Å²) in [4.78, 5) is 12.8. The van der Waals surface area contributed by atoms with E-state index in [9.17, 15) is 4.79 Å². The van der Waals surface area contributed by atoms with Crippen molar-refractivity contribution in [3.63, 3.8) is 0 Å². The van der Waals surface area contributed by atoms with E-state index in [1.165, 1.54) is 5.56 Å². The van der Waals surface area contributed by atoms with Gasteiger partial charge in [0, 0.05) is 18.8 Å². The van der Waals surface area contributed by atoms with Crippen molar-refractivity contribution in [3.8, 4) is 0 Å². The molecule has 0 fully saturated rings. The first-order valence-electron chi connectivity index (χ1n) is 6.64. The van der Waals surface area contributed by atoms with Gasteiger partial charge in [-0.3, -0.25) is 4.79 Å². The standard InChI is InChI=1S/C15H23NO3/c1-12(2)19-11-10-16(9-8-15(17)18)14-6-4-13(3)5-7-14/h4-7,12H,8-11H2,1-3H3,(H,17,18). The Kier molecular flexibility index (Phi) is 6.36. The fourth-order valence-electron chi connectivity index (χ4n) is 1.75. The summed E-state index contributed by atoms with van der Waals surface area (Å²) in [5.74, 6) is -0.776. The number of hydrogen-bond donors (Lipinski definition) is 1. The number of ether oxygens (including phenoxy) is 1. The number of carboxylic acids is 1. The summed E-state index contributed by atoms with van der Waals surface area (Å²) in [5.41, 5.74) is 2.24. The number of benzene rings is 1. The van der Waals surface area contributed by atoms with E-state index in [0.29, 0.717) is 19.7 Å². The van der Waals surface area contributed by atoms with E-state index < -0.39 is 5.97 Å². The summed E-state index contributed by atoms with van der Waals surface area (Å²) in [6.07, 6.45) is 0.328. The van der Waals surface area contributed by atoms with Crippen LogP contribution in [0.5, 0.6) is 0 Å². The van der Waals surface area contributed by atoms with E-state index in [0.717, 1.165) is 5.69 Å². The maximum Gasteiger partial charge on any atom is 0.305 e. The first-order valence-corrected chi connectivity index (χ1v) is 6.64. The quantitative estimate of drug-likeness (QED) is 0.785. The largest absolute Gasteiger partial charge is 0.481 e. The summed E-state index contributed by atoms with van der Waals surface area (Å²) in [7, 11) is 0. The molecule has 0 aliphatic rings. The van der Waals surface area contributed by atoms with Gasteiger partial charge in [0.05, 0.1) is 19.1 Å². The highest BCUT2D eigenvalue weighted by atomic mass is 16.5. The van der Waals surface area contributed by atoms with Crippen LogP contribution in [0.1, 0.15) is 25.8 Å². The molecule has 0 saturated heterocycles. The highest BCUT2D eigenvalue weighted by molar-refractivity contribution is 5.67. The molecule has 0 amide bonds. The van der Waals surface area contributed by atoms with Gasteiger partial charge in [-0.2, -0.15) is 0 Å². The highest BCUT2D eigenvalue weighted by Crippen LogP contribution is 2.15. The minimum Gasteiger partial charge on any atom is -0.481 e. The predicted octanol–water partition coefficient (Wildman–Crippen LogP) is 2.70. The molecule has 0 bridgehead atoms. The maximum atomic E-state index is 10.7. The van der Waals surface area contributed by atoms with Crippen molar-refractivity contribution >= 4 is 11.7 Å². The molecule has 0 aliphatic heterocycles. The summed E-state index contributed by atoms with van der Waals surface area (Å²) < 4.78 is 5.54. The molecule has 0 radical (unpaired) electrons. The van der Waals surface area contributed by atoms with Crippen molar-refractivity contribution in [2.24, 2.45) is 0 Å². The van der Waals surface area contributed by atoms with Gasteiger partial charge in [-0.05, 0) is 32.9 Å². The van der Waals surface area contributed by atoms with E-state index in [1.54, 1.807) is 0 Å². The van der Waals surface area contributed by atoms with Gasteiger partial charge < -0.3 is 14.7 Å². The zero-order valence-electron chi connectivity index (χ0n) is 11.9. The van der Waals surface area contributed by atoms with Crippen molar-refractivity contribution in [3.05, 3.63) is 29.8 Å². The molecule has 4 heteroatoms. The third-order valence-corrected chi connectivity index (χ3v) is 2.81. The van der Waals surface area contributed by atoms with Crippen LogP contribution in [-0.2, 0) is 9.53 Å². The Morgan fingerprint density at radius 1 is 1.26 bits per heavy atom. The number of nitrogens with zero attached hydrogens (tertiary/aromatic N) is 1. The lowest BCUT2D eigenvalue weighted by atomic mass is 10.2. The van der Waals surface area contributed by atoms with Gasteiger partial charge in [0.2, 0.25) is 0 Å². The van der Waals surface area contributed by atoms with Crippen molar-refractivity contribution in [1.29, 1.82) is 0 Å². The third kappa shape index (κ3) is 6.25.